The molecule has 1 unspecified atom stereocenters. The van der Waals surface area contributed by atoms with Gasteiger partial charge < -0.3 is 5.32 Å². The SMILES string of the molecule is Cc1cc(Br)cnc1C1=NCC(C)N1. The van der Waals surface area contributed by atoms with Gasteiger partial charge >= 0.3 is 0 Å². The van der Waals surface area contributed by atoms with Crippen molar-refractivity contribution in [2.24, 2.45) is 4.99 Å². The van der Waals surface area contributed by atoms with E-state index in [4.69, 9.17) is 0 Å². The molecule has 0 aliphatic carbocycles. The van der Waals surface area contributed by atoms with Crippen LogP contribution in [-0.4, -0.2) is 23.4 Å². The highest BCUT2D eigenvalue weighted by atomic mass is 79.9. The standard InChI is InChI=1S/C10H12BrN3/c1-6-3-8(11)5-12-9(6)10-13-4-7(2)14-10/h3,5,7H,4H2,1-2H3,(H,13,14). The minimum atomic E-state index is 0.426. The highest BCUT2D eigenvalue weighted by molar-refractivity contribution is 9.10. The van der Waals surface area contributed by atoms with Crippen molar-refractivity contribution in [2.45, 2.75) is 19.9 Å². The van der Waals surface area contributed by atoms with Crippen LogP contribution in [0, 0.1) is 6.92 Å². The molecule has 3 nitrogen and oxygen atoms in total. The molecule has 1 N–H and O–H groups in total. The summed E-state index contributed by atoms with van der Waals surface area (Å²) >= 11 is 3.39. The monoisotopic (exact) mass is 253 g/mol. The molecule has 0 amide bonds. The average molecular weight is 254 g/mol. The summed E-state index contributed by atoms with van der Waals surface area (Å²) in [5.74, 6) is 0.919. The molecule has 2 heterocycles. The second kappa shape index (κ2) is 3.69. The number of rotatable bonds is 1. The fourth-order valence-corrected chi connectivity index (χ4v) is 1.93. The van der Waals surface area contributed by atoms with Gasteiger partial charge in [-0.3, -0.25) is 9.98 Å². The summed E-state index contributed by atoms with van der Waals surface area (Å²) in [6.45, 7) is 5.00. The number of hydrogen-bond donors (Lipinski definition) is 1. The van der Waals surface area contributed by atoms with E-state index in [-0.39, 0.29) is 0 Å². The third kappa shape index (κ3) is 1.80. The van der Waals surface area contributed by atoms with E-state index in [9.17, 15) is 0 Å². The minimum Gasteiger partial charge on any atom is -0.364 e. The van der Waals surface area contributed by atoms with Crippen molar-refractivity contribution >= 4 is 21.8 Å². The topological polar surface area (TPSA) is 37.3 Å². The number of aryl methyl sites for hydroxylation is 1. The summed E-state index contributed by atoms with van der Waals surface area (Å²) in [5, 5.41) is 3.30. The summed E-state index contributed by atoms with van der Waals surface area (Å²) in [6.07, 6.45) is 1.80. The van der Waals surface area contributed by atoms with E-state index in [2.05, 4.69) is 44.2 Å². The van der Waals surface area contributed by atoms with E-state index in [1.807, 2.05) is 6.92 Å². The first-order valence-corrected chi connectivity index (χ1v) is 5.39. The molecule has 74 valence electrons. The van der Waals surface area contributed by atoms with Crippen LogP contribution in [0.2, 0.25) is 0 Å². The predicted molar refractivity (Wildman–Crippen MR) is 60.7 cm³/mol. The van der Waals surface area contributed by atoms with Gasteiger partial charge in [0, 0.05) is 16.7 Å². The van der Waals surface area contributed by atoms with E-state index in [1.54, 1.807) is 6.20 Å². The van der Waals surface area contributed by atoms with E-state index in [0.717, 1.165) is 28.1 Å². The van der Waals surface area contributed by atoms with Crippen LogP contribution in [0.15, 0.2) is 21.7 Å². The molecule has 1 atom stereocenters. The van der Waals surface area contributed by atoms with Gasteiger partial charge in [-0.2, -0.15) is 0 Å². The second-order valence-corrected chi connectivity index (χ2v) is 4.47. The van der Waals surface area contributed by atoms with Gasteiger partial charge in [0.05, 0.1) is 6.54 Å². The Labute approximate surface area is 91.8 Å². The molecule has 14 heavy (non-hydrogen) atoms. The zero-order valence-corrected chi connectivity index (χ0v) is 9.80. The predicted octanol–water partition coefficient (Wildman–Crippen LogP) is 1.89. The molecule has 1 aromatic heterocycles. The lowest BCUT2D eigenvalue weighted by molar-refractivity contribution is 0.725. The lowest BCUT2D eigenvalue weighted by Crippen LogP contribution is -2.28. The van der Waals surface area contributed by atoms with Gasteiger partial charge in [0.1, 0.15) is 11.5 Å². The van der Waals surface area contributed by atoms with E-state index >= 15 is 0 Å². The Morgan fingerprint density at radius 2 is 2.36 bits per heavy atom. The zero-order valence-electron chi connectivity index (χ0n) is 8.21. The van der Waals surface area contributed by atoms with Crippen LogP contribution in [0.25, 0.3) is 0 Å². The van der Waals surface area contributed by atoms with Crippen LogP contribution >= 0.6 is 15.9 Å². The fraction of sp³-hybridized carbons (Fsp3) is 0.400. The Bertz CT molecular complexity index is 387. The number of hydrogen-bond acceptors (Lipinski definition) is 3. The largest absolute Gasteiger partial charge is 0.364 e. The average Bonchev–Trinajstić information content (AvgIpc) is 2.51. The Morgan fingerprint density at radius 1 is 1.57 bits per heavy atom. The van der Waals surface area contributed by atoms with Crippen molar-refractivity contribution < 1.29 is 0 Å². The van der Waals surface area contributed by atoms with Crippen LogP contribution in [0.5, 0.6) is 0 Å². The lowest BCUT2D eigenvalue weighted by atomic mass is 10.2. The molecular formula is C10H12BrN3. The minimum absolute atomic E-state index is 0.426. The number of amidine groups is 1. The molecule has 1 aromatic rings. The van der Waals surface area contributed by atoms with E-state index in [0.29, 0.717) is 6.04 Å². The van der Waals surface area contributed by atoms with Crippen LogP contribution in [0.1, 0.15) is 18.2 Å². The maximum Gasteiger partial charge on any atom is 0.147 e. The first-order valence-electron chi connectivity index (χ1n) is 4.60. The summed E-state index contributed by atoms with van der Waals surface area (Å²) in [7, 11) is 0. The normalized spacial score (nSPS) is 20.5. The molecule has 0 saturated heterocycles. The quantitative estimate of drug-likeness (QED) is 0.830. The molecule has 0 bridgehead atoms. The Balaban J connectivity index is 2.33. The number of pyridine rings is 1. The third-order valence-corrected chi connectivity index (χ3v) is 2.61. The molecule has 0 spiro atoms. The van der Waals surface area contributed by atoms with Crippen LogP contribution in [-0.2, 0) is 0 Å². The molecule has 0 fully saturated rings. The third-order valence-electron chi connectivity index (χ3n) is 2.18. The van der Waals surface area contributed by atoms with Gasteiger partial charge in [-0.15, -0.1) is 0 Å². The Hall–Kier alpha value is -0.900. The van der Waals surface area contributed by atoms with Crippen molar-refractivity contribution in [2.75, 3.05) is 6.54 Å². The Kier molecular flexibility index (Phi) is 2.54. The molecule has 1 aliphatic rings. The van der Waals surface area contributed by atoms with Crippen LogP contribution in [0.4, 0.5) is 0 Å². The summed E-state index contributed by atoms with van der Waals surface area (Å²) in [5.41, 5.74) is 2.09. The molecule has 0 radical (unpaired) electrons. The first-order chi connectivity index (χ1) is 6.66. The van der Waals surface area contributed by atoms with E-state index < -0.39 is 0 Å². The van der Waals surface area contributed by atoms with Gasteiger partial charge in [-0.05, 0) is 41.4 Å². The molecule has 2 rings (SSSR count). The van der Waals surface area contributed by atoms with E-state index in [1.165, 1.54) is 0 Å². The van der Waals surface area contributed by atoms with Crippen molar-refractivity contribution in [1.82, 2.24) is 10.3 Å². The summed E-state index contributed by atoms with van der Waals surface area (Å²) in [6, 6.07) is 2.48. The number of aliphatic imine (C=N–C) groups is 1. The number of halogens is 1. The smallest absolute Gasteiger partial charge is 0.147 e. The second-order valence-electron chi connectivity index (χ2n) is 3.55. The molecule has 4 heteroatoms. The number of nitrogens with one attached hydrogen (secondary N) is 1. The Morgan fingerprint density at radius 3 is 2.93 bits per heavy atom. The van der Waals surface area contributed by atoms with Gasteiger partial charge in [0.2, 0.25) is 0 Å². The van der Waals surface area contributed by atoms with Crippen LogP contribution in [0.3, 0.4) is 0 Å². The van der Waals surface area contributed by atoms with Gasteiger partial charge in [0.25, 0.3) is 0 Å². The van der Waals surface area contributed by atoms with Crippen molar-refractivity contribution in [1.29, 1.82) is 0 Å². The van der Waals surface area contributed by atoms with Gasteiger partial charge in [-0.25, -0.2) is 0 Å². The molecule has 0 aromatic carbocycles. The summed E-state index contributed by atoms with van der Waals surface area (Å²) < 4.78 is 1.00. The molecule has 0 saturated carbocycles. The molecular weight excluding hydrogens is 242 g/mol. The maximum absolute atomic E-state index is 4.41. The van der Waals surface area contributed by atoms with Gasteiger partial charge in [0.15, 0.2) is 0 Å². The van der Waals surface area contributed by atoms with Crippen LogP contribution < -0.4 is 5.32 Å². The fourth-order valence-electron chi connectivity index (χ4n) is 1.48. The van der Waals surface area contributed by atoms with Gasteiger partial charge in [-0.1, -0.05) is 0 Å². The first kappa shape index (κ1) is 9.65. The molecule has 1 aliphatic heterocycles. The highest BCUT2D eigenvalue weighted by Gasteiger charge is 2.16. The lowest BCUT2D eigenvalue weighted by Gasteiger charge is -2.07. The number of aromatic nitrogens is 1. The van der Waals surface area contributed by atoms with Crippen molar-refractivity contribution in [3.05, 3.63) is 28.0 Å². The maximum atomic E-state index is 4.41. The van der Waals surface area contributed by atoms with Crippen molar-refractivity contribution in [3.63, 3.8) is 0 Å². The van der Waals surface area contributed by atoms with Crippen molar-refractivity contribution in [3.8, 4) is 0 Å². The summed E-state index contributed by atoms with van der Waals surface area (Å²) in [4.78, 5) is 8.76. The zero-order chi connectivity index (χ0) is 10.1. The number of nitrogens with zero attached hydrogens (tertiary/aromatic N) is 2. The highest BCUT2D eigenvalue weighted by Crippen LogP contribution is 2.14.